The van der Waals surface area contributed by atoms with Crippen LogP contribution in [-0.4, -0.2) is 104 Å². The zero-order chi connectivity index (χ0) is 28.8. The Labute approximate surface area is 235 Å². The highest BCUT2D eigenvalue weighted by molar-refractivity contribution is 8.00. The molecular formula is C21H28FN11O5S2. The lowest BCUT2D eigenvalue weighted by molar-refractivity contribution is -0.150. The molecule has 1 aromatic heterocycles. The summed E-state index contributed by atoms with van der Waals surface area (Å²) in [6, 6.07) is -0.605. The van der Waals surface area contributed by atoms with E-state index in [0.29, 0.717) is 5.57 Å². The maximum atomic E-state index is 12.9. The number of fused-ring (bicyclic) bond motifs is 1. The summed E-state index contributed by atoms with van der Waals surface area (Å²) in [5.74, 6) is -2.89. The highest BCUT2D eigenvalue weighted by Gasteiger charge is 2.54. The molecule has 4 rings (SSSR count). The zero-order valence-electron chi connectivity index (χ0n) is 21.3. The van der Waals surface area contributed by atoms with Gasteiger partial charge < -0.3 is 32.2 Å². The van der Waals surface area contributed by atoms with Crippen molar-refractivity contribution in [2.24, 2.45) is 21.1 Å². The molecule has 3 aliphatic rings. The summed E-state index contributed by atoms with van der Waals surface area (Å²) in [4.78, 5) is 47.1. The number of hydrogen-bond donors (Lipinski definition) is 5. The normalized spacial score (nSPS) is 25.1. The van der Waals surface area contributed by atoms with Crippen LogP contribution in [0, 0.1) is 0 Å². The van der Waals surface area contributed by atoms with E-state index in [1.807, 2.05) is 0 Å². The number of nitrogens with zero attached hydrogens (tertiary/aromatic N) is 7. The molecule has 1 aliphatic carbocycles. The first kappa shape index (κ1) is 29.2. The first-order valence-corrected chi connectivity index (χ1v) is 13.9. The fourth-order valence-electron chi connectivity index (χ4n) is 4.22. The summed E-state index contributed by atoms with van der Waals surface area (Å²) in [6.07, 6.45) is 6.55. The van der Waals surface area contributed by atoms with E-state index in [1.165, 1.54) is 29.3 Å². The van der Waals surface area contributed by atoms with E-state index in [9.17, 15) is 23.9 Å². The molecule has 16 nitrogen and oxygen atoms in total. The molecule has 0 bridgehead atoms. The Hall–Kier alpha value is -3.84. The Morgan fingerprint density at radius 1 is 1.35 bits per heavy atom. The number of halogens is 1. The van der Waals surface area contributed by atoms with Gasteiger partial charge in [0.15, 0.2) is 5.13 Å². The number of anilines is 1. The summed E-state index contributed by atoms with van der Waals surface area (Å²) in [5, 5.41) is 24.9. The van der Waals surface area contributed by atoms with E-state index in [1.54, 1.807) is 7.05 Å². The Kier molecular flexibility index (Phi) is 9.48. The van der Waals surface area contributed by atoms with Gasteiger partial charge in [0, 0.05) is 42.0 Å². The van der Waals surface area contributed by atoms with Crippen LogP contribution in [-0.2, 0) is 19.2 Å². The van der Waals surface area contributed by atoms with Crippen molar-refractivity contribution in [3.8, 4) is 0 Å². The molecule has 0 spiro atoms. The van der Waals surface area contributed by atoms with E-state index < -0.39 is 41.8 Å². The van der Waals surface area contributed by atoms with Gasteiger partial charge in [-0.15, -0.1) is 11.8 Å². The summed E-state index contributed by atoms with van der Waals surface area (Å²) >= 11 is 2.02. The van der Waals surface area contributed by atoms with E-state index >= 15 is 0 Å². The predicted octanol–water partition coefficient (Wildman–Crippen LogP) is -0.773. The predicted molar refractivity (Wildman–Crippen MR) is 146 cm³/mol. The van der Waals surface area contributed by atoms with Crippen LogP contribution in [0.5, 0.6) is 0 Å². The fourth-order valence-corrected chi connectivity index (χ4v) is 5.95. The van der Waals surface area contributed by atoms with E-state index in [2.05, 4.69) is 40.3 Å². The number of hydrazone groups is 2. The molecule has 2 amide bonds. The lowest BCUT2D eigenvalue weighted by atomic mass is 9.92. The number of rotatable bonds is 11. The second kappa shape index (κ2) is 13.0. The first-order chi connectivity index (χ1) is 19.2. The summed E-state index contributed by atoms with van der Waals surface area (Å²) in [7, 11) is 1.63. The maximum absolute atomic E-state index is 12.9. The number of nitrogens with two attached hydrogens (primary N) is 2. The number of carboxylic acids is 1. The minimum Gasteiger partial charge on any atom is -0.477 e. The smallest absolute Gasteiger partial charge is 0.353 e. The average Bonchev–Trinajstić information content (AvgIpc) is 3.36. The van der Waals surface area contributed by atoms with Crippen LogP contribution in [0.15, 0.2) is 26.6 Å². The number of nitrogens with one attached hydrogen (secondary N) is 2. The lowest BCUT2D eigenvalue weighted by Crippen LogP contribution is -2.71. The topological polar surface area (TPSA) is 226 Å². The highest BCUT2D eigenvalue weighted by atomic mass is 32.2. The number of carbonyl (C=O) groups is 3. The molecule has 2 fully saturated rings. The van der Waals surface area contributed by atoms with Crippen LogP contribution in [0.3, 0.4) is 0 Å². The quantitative estimate of drug-likeness (QED) is 0.0917. The number of aliphatic carboxylic acids is 1. The van der Waals surface area contributed by atoms with Gasteiger partial charge in [-0.3, -0.25) is 19.5 Å². The number of oxime groups is 1. The van der Waals surface area contributed by atoms with Gasteiger partial charge in [-0.05, 0) is 25.7 Å². The van der Waals surface area contributed by atoms with Crippen LogP contribution in [0.4, 0.5) is 9.52 Å². The van der Waals surface area contributed by atoms with Crippen LogP contribution in [0.1, 0.15) is 31.5 Å². The van der Waals surface area contributed by atoms with Crippen molar-refractivity contribution in [3.05, 3.63) is 17.1 Å². The van der Waals surface area contributed by atoms with Gasteiger partial charge in [-0.25, -0.2) is 9.18 Å². The van der Waals surface area contributed by atoms with Crippen molar-refractivity contribution in [1.29, 1.82) is 0 Å². The number of β-lactam (4-membered cyclic amide) rings is 1. The Bertz CT molecular complexity index is 1250. The number of carboxylic acid groups (broad SMARTS) is 1. The van der Waals surface area contributed by atoms with Gasteiger partial charge in [0.2, 0.25) is 11.5 Å². The average molecular weight is 598 g/mol. The van der Waals surface area contributed by atoms with Gasteiger partial charge in [0.05, 0.1) is 6.21 Å². The number of nitrogen functional groups attached to an aromatic ring is 1. The molecule has 1 saturated carbocycles. The molecule has 19 heteroatoms. The number of aromatic nitrogens is 2. The van der Waals surface area contributed by atoms with Crippen LogP contribution >= 0.6 is 23.3 Å². The third-order valence-electron chi connectivity index (χ3n) is 6.21. The minimum absolute atomic E-state index is 0.0394. The van der Waals surface area contributed by atoms with Crippen molar-refractivity contribution in [2.75, 3.05) is 25.4 Å². The van der Waals surface area contributed by atoms with Gasteiger partial charge in [-0.2, -0.15) is 19.6 Å². The number of thioether (sulfide) groups is 1. The second-order valence-corrected chi connectivity index (χ2v) is 10.9. The van der Waals surface area contributed by atoms with E-state index in [-0.39, 0.29) is 34.5 Å². The van der Waals surface area contributed by atoms with Crippen molar-refractivity contribution in [1.82, 2.24) is 30.0 Å². The van der Waals surface area contributed by atoms with E-state index in [4.69, 9.17) is 11.5 Å². The standard InChI is InChI=1S/C21H28FN11O5S2/c1-32(9-25-29-12-4-2-11(23)3-5-12)26-6-10-7-39-19-14(18(35)33(19)15(10)20(36)37)27-17(34)13(30-38-8-22)16-28-21(24)40-31-16/h6,9,11-12,14,19,29H,2-5,7-8,23H2,1H3,(H,27,34)(H,36,37)(H2,24,28,31)/t11?,12?,14?,19-/m0/s1. The van der Waals surface area contributed by atoms with Crippen molar-refractivity contribution in [3.63, 3.8) is 0 Å². The Morgan fingerprint density at radius 3 is 2.75 bits per heavy atom. The van der Waals surface area contributed by atoms with Crippen LogP contribution in [0.2, 0.25) is 0 Å². The first-order valence-electron chi connectivity index (χ1n) is 12.1. The molecule has 1 saturated heterocycles. The lowest BCUT2D eigenvalue weighted by Gasteiger charge is -2.49. The molecule has 7 N–H and O–H groups in total. The summed E-state index contributed by atoms with van der Waals surface area (Å²) in [6.45, 7) is -1.31. The number of alkyl halides is 1. The van der Waals surface area contributed by atoms with Crippen molar-refractivity contribution >= 4 is 64.5 Å². The molecular weight excluding hydrogens is 569 g/mol. The van der Waals surface area contributed by atoms with Crippen molar-refractivity contribution < 1.29 is 28.7 Å². The van der Waals surface area contributed by atoms with Gasteiger partial charge in [0.25, 0.3) is 18.7 Å². The van der Waals surface area contributed by atoms with Gasteiger partial charge in [-0.1, -0.05) is 5.16 Å². The second-order valence-electron chi connectivity index (χ2n) is 8.98. The number of amides is 2. The largest absolute Gasteiger partial charge is 0.477 e. The zero-order valence-corrected chi connectivity index (χ0v) is 22.9. The van der Waals surface area contributed by atoms with Crippen molar-refractivity contribution in [2.45, 2.75) is 49.2 Å². The molecule has 2 atom stereocenters. The Morgan fingerprint density at radius 2 is 2.10 bits per heavy atom. The maximum Gasteiger partial charge on any atom is 0.353 e. The molecule has 0 aromatic carbocycles. The molecule has 1 unspecified atom stereocenters. The third-order valence-corrected chi connectivity index (χ3v) is 8.05. The summed E-state index contributed by atoms with van der Waals surface area (Å²) < 4.78 is 16.4. The van der Waals surface area contributed by atoms with Gasteiger partial charge in [0.1, 0.15) is 23.5 Å². The Balaban J connectivity index is 1.40. The number of hydrogen-bond acceptors (Lipinski definition) is 14. The van der Waals surface area contributed by atoms with E-state index in [0.717, 1.165) is 42.1 Å². The molecule has 3 heterocycles. The molecule has 40 heavy (non-hydrogen) atoms. The molecule has 0 radical (unpaired) electrons. The highest BCUT2D eigenvalue weighted by Crippen LogP contribution is 2.40. The monoisotopic (exact) mass is 597 g/mol. The molecule has 2 aliphatic heterocycles. The fraction of sp³-hybridized carbons (Fsp3) is 0.524. The van der Waals surface area contributed by atoms with Gasteiger partial charge >= 0.3 is 5.97 Å². The minimum atomic E-state index is -1.32. The third kappa shape index (κ3) is 6.65. The number of carbonyl (C=O) groups excluding carboxylic acids is 2. The van der Waals surface area contributed by atoms with Crippen LogP contribution < -0.4 is 22.2 Å². The SMILES string of the molecule is CN(C=NNC1CCC(N)CC1)N=CC1=C(C(=O)O)N2C(=O)C(NC(=O)C(=NOCF)c3nsc(N)n3)[C@@H]2SC1. The summed E-state index contributed by atoms with van der Waals surface area (Å²) in [5.41, 5.74) is 14.1. The molecule has 216 valence electrons. The van der Waals surface area contributed by atoms with Crippen LogP contribution in [0.25, 0.3) is 0 Å². The molecule has 1 aromatic rings.